The summed E-state index contributed by atoms with van der Waals surface area (Å²) in [6.07, 6.45) is 0.676. The number of ketones is 1. The number of nitrogens with one attached hydrogen (secondary N) is 1. The molecule has 108 valence electrons. The number of benzene rings is 1. The number of rotatable bonds is 4. The van der Waals surface area contributed by atoms with Crippen LogP contribution in [0.3, 0.4) is 0 Å². The summed E-state index contributed by atoms with van der Waals surface area (Å²) < 4.78 is 52.8. The summed E-state index contributed by atoms with van der Waals surface area (Å²) in [6, 6.07) is 0.196. The number of allylic oxidation sites excluding steroid dienone is 1. The van der Waals surface area contributed by atoms with E-state index in [0.717, 1.165) is 6.92 Å². The van der Waals surface area contributed by atoms with Gasteiger partial charge in [-0.25, -0.2) is 17.6 Å². The number of hydrogen-bond donors (Lipinski definition) is 1. The van der Waals surface area contributed by atoms with E-state index in [9.17, 15) is 22.4 Å². The molecule has 0 saturated heterocycles. The summed E-state index contributed by atoms with van der Waals surface area (Å²) in [5.74, 6) is -4.44. The quantitative estimate of drug-likeness (QED) is 0.399. The van der Waals surface area contributed by atoms with E-state index in [-0.39, 0.29) is 11.6 Å². The molecule has 0 aromatic heterocycles. The van der Waals surface area contributed by atoms with Gasteiger partial charge < -0.3 is 5.32 Å². The van der Waals surface area contributed by atoms with Crippen LogP contribution < -0.4 is 5.32 Å². The van der Waals surface area contributed by atoms with Crippen molar-refractivity contribution in [3.8, 4) is 0 Å². The highest BCUT2D eigenvalue weighted by atomic mass is 19.2. The normalized spacial score (nSPS) is 21.8. The molecule has 1 saturated carbocycles. The number of hydrogen-bond acceptors (Lipinski definition) is 2. The summed E-state index contributed by atoms with van der Waals surface area (Å²) in [5, 5.41) is 2.67. The fraction of sp³-hybridized carbons (Fsp3) is 0.357. The van der Waals surface area contributed by atoms with Crippen molar-refractivity contribution in [3.63, 3.8) is 0 Å². The Bertz CT molecular complexity index is 597. The van der Waals surface area contributed by atoms with Crippen molar-refractivity contribution in [2.45, 2.75) is 32.5 Å². The lowest BCUT2D eigenvalue weighted by Gasteiger charge is -2.08. The highest BCUT2D eigenvalue weighted by molar-refractivity contribution is 6.08. The van der Waals surface area contributed by atoms with E-state index in [4.69, 9.17) is 0 Å². The van der Waals surface area contributed by atoms with Crippen molar-refractivity contribution >= 4 is 5.78 Å². The molecule has 1 N–H and O–H groups in total. The Hall–Kier alpha value is -1.85. The summed E-state index contributed by atoms with van der Waals surface area (Å²) in [7, 11) is 0. The summed E-state index contributed by atoms with van der Waals surface area (Å²) in [5.41, 5.74) is -0.988. The van der Waals surface area contributed by atoms with Gasteiger partial charge >= 0.3 is 0 Å². The molecule has 0 amide bonds. The number of carbonyl (C=O) groups excluding carboxylic acids is 1. The van der Waals surface area contributed by atoms with Gasteiger partial charge in [0.1, 0.15) is 12.0 Å². The second-order valence-corrected chi connectivity index (χ2v) is 4.84. The maximum Gasteiger partial charge on any atom is 0.193 e. The van der Waals surface area contributed by atoms with Crippen LogP contribution in [0.4, 0.5) is 17.6 Å². The molecule has 0 radical (unpaired) electrons. The molecule has 6 heteroatoms. The van der Waals surface area contributed by atoms with E-state index < -0.39 is 40.5 Å². The van der Waals surface area contributed by atoms with Crippen LogP contribution in [-0.4, -0.2) is 18.0 Å². The molecule has 2 rings (SSSR count). The third-order valence-corrected chi connectivity index (χ3v) is 3.20. The van der Waals surface area contributed by atoms with Crippen molar-refractivity contribution < 1.29 is 22.4 Å². The SMILES string of the molecule is C/C(=C\N[C@@H]1C[C@@H]1F)C(=O)c1cc(F)c(F)c(C)c1F. The van der Waals surface area contributed by atoms with Gasteiger partial charge in [0.2, 0.25) is 0 Å². The molecule has 2 atom stereocenters. The van der Waals surface area contributed by atoms with Gasteiger partial charge in [-0.3, -0.25) is 4.79 Å². The van der Waals surface area contributed by atoms with Crippen molar-refractivity contribution in [2.75, 3.05) is 0 Å². The molecule has 2 nitrogen and oxygen atoms in total. The van der Waals surface area contributed by atoms with Crippen LogP contribution in [0.2, 0.25) is 0 Å². The van der Waals surface area contributed by atoms with E-state index in [1.54, 1.807) is 0 Å². The second kappa shape index (κ2) is 5.26. The Balaban J connectivity index is 2.24. The van der Waals surface area contributed by atoms with Gasteiger partial charge in [-0.05, 0) is 19.9 Å². The molecule has 0 aliphatic heterocycles. The molecule has 1 aliphatic carbocycles. The minimum absolute atomic E-state index is 0.0911. The molecule has 1 aliphatic rings. The van der Waals surface area contributed by atoms with Crippen molar-refractivity contribution in [1.82, 2.24) is 5.32 Å². The first-order valence-corrected chi connectivity index (χ1v) is 6.08. The summed E-state index contributed by atoms with van der Waals surface area (Å²) in [4.78, 5) is 12.0. The Morgan fingerprint density at radius 1 is 1.35 bits per heavy atom. The zero-order chi connectivity index (χ0) is 15.0. The van der Waals surface area contributed by atoms with E-state index >= 15 is 0 Å². The first-order chi connectivity index (χ1) is 9.32. The van der Waals surface area contributed by atoms with Gasteiger partial charge in [0, 0.05) is 23.8 Å². The zero-order valence-corrected chi connectivity index (χ0v) is 10.9. The van der Waals surface area contributed by atoms with E-state index in [0.29, 0.717) is 12.5 Å². The minimum Gasteiger partial charge on any atom is -0.385 e. The molecule has 0 bridgehead atoms. The van der Waals surface area contributed by atoms with Gasteiger partial charge in [0.15, 0.2) is 17.4 Å². The maximum absolute atomic E-state index is 13.8. The molecule has 1 aromatic rings. The first kappa shape index (κ1) is 14.6. The molecular weight excluding hydrogens is 274 g/mol. The first-order valence-electron chi connectivity index (χ1n) is 6.08. The smallest absolute Gasteiger partial charge is 0.193 e. The maximum atomic E-state index is 13.8. The lowest BCUT2D eigenvalue weighted by Crippen LogP contribution is -2.15. The zero-order valence-electron chi connectivity index (χ0n) is 10.9. The molecule has 1 fully saturated rings. The van der Waals surface area contributed by atoms with Crippen LogP contribution >= 0.6 is 0 Å². The molecule has 0 heterocycles. The highest BCUT2D eigenvalue weighted by Gasteiger charge is 2.36. The molecular formula is C14H13F4NO. The predicted octanol–water partition coefficient (Wildman–Crippen LogP) is 3.20. The van der Waals surface area contributed by atoms with Gasteiger partial charge in [-0.2, -0.15) is 0 Å². The van der Waals surface area contributed by atoms with E-state index in [1.165, 1.54) is 13.1 Å². The van der Waals surface area contributed by atoms with Gasteiger partial charge in [-0.15, -0.1) is 0 Å². The van der Waals surface area contributed by atoms with Crippen molar-refractivity contribution in [2.24, 2.45) is 0 Å². The van der Waals surface area contributed by atoms with Gasteiger partial charge in [0.25, 0.3) is 0 Å². The standard InChI is InChI=1S/C14H13F4NO/c1-6(5-19-11-4-9(11)15)14(20)8-3-10(16)13(18)7(2)12(8)17/h3,5,9,11,19H,4H2,1-2H3/b6-5+/t9-,11+/m0/s1. The average Bonchev–Trinajstić information content (AvgIpc) is 3.13. The van der Waals surface area contributed by atoms with Crippen LogP contribution in [0.25, 0.3) is 0 Å². The fourth-order valence-corrected chi connectivity index (χ4v) is 1.74. The van der Waals surface area contributed by atoms with E-state index in [1.807, 2.05) is 0 Å². The van der Waals surface area contributed by atoms with E-state index in [2.05, 4.69) is 5.32 Å². The van der Waals surface area contributed by atoms with Crippen LogP contribution in [0, 0.1) is 24.4 Å². The largest absolute Gasteiger partial charge is 0.385 e. The lowest BCUT2D eigenvalue weighted by molar-refractivity contribution is 0.102. The molecule has 1 aromatic carbocycles. The van der Waals surface area contributed by atoms with Crippen LogP contribution in [-0.2, 0) is 0 Å². The topological polar surface area (TPSA) is 29.1 Å². The third-order valence-electron chi connectivity index (χ3n) is 3.20. The van der Waals surface area contributed by atoms with Crippen LogP contribution in [0.15, 0.2) is 17.8 Å². The fourth-order valence-electron chi connectivity index (χ4n) is 1.74. The Kier molecular flexibility index (Phi) is 3.83. The summed E-state index contributed by atoms with van der Waals surface area (Å²) in [6.45, 7) is 2.45. The van der Waals surface area contributed by atoms with Gasteiger partial charge in [-0.1, -0.05) is 0 Å². The minimum atomic E-state index is -1.31. The highest BCUT2D eigenvalue weighted by Crippen LogP contribution is 2.25. The van der Waals surface area contributed by atoms with Crippen LogP contribution in [0.1, 0.15) is 29.3 Å². The number of halogens is 4. The second-order valence-electron chi connectivity index (χ2n) is 4.84. The Labute approximate surface area is 113 Å². The van der Waals surface area contributed by atoms with Crippen molar-refractivity contribution in [3.05, 3.63) is 46.4 Å². The molecule has 0 spiro atoms. The monoisotopic (exact) mass is 287 g/mol. The average molecular weight is 287 g/mol. The van der Waals surface area contributed by atoms with Gasteiger partial charge in [0.05, 0.1) is 11.6 Å². The lowest BCUT2D eigenvalue weighted by atomic mass is 10.0. The number of Topliss-reactive ketones (excluding diaryl/α,β-unsaturated/α-hetero) is 1. The van der Waals surface area contributed by atoms with Crippen molar-refractivity contribution in [1.29, 1.82) is 0 Å². The summed E-state index contributed by atoms with van der Waals surface area (Å²) >= 11 is 0. The number of carbonyl (C=O) groups is 1. The Morgan fingerprint density at radius 2 is 1.95 bits per heavy atom. The molecule has 0 unspecified atom stereocenters. The Morgan fingerprint density at radius 3 is 2.50 bits per heavy atom. The third kappa shape index (κ3) is 2.69. The number of alkyl halides is 1. The predicted molar refractivity (Wildman–Crippen MR) is 65.6 cm³/mol. The molecule has 20 heavy (non-hydrogen) atoms. The van der Waals surface area contributed by atoms with Crippen LogP contribution in [0.5, 0.6) is 0 Å².